The van der Waals surface area contributed by atoms with Crippen molar-refractivity contribution in [1.82, 2.24) is 9.78 Å². The van der Waals surface area contributed by atoms with Gasteiger partial charge in [-0.25, -0.2) is 4.68 Å². The molecule has 152 valence electrons. The lowest BCUT2D eigenvalue weighted by atomic mass is 10.1. The first-order valence-electron chi connectivity index (χ1n) is 9.53. The van der Waals surface area contributed by atoms with Crippen molar-refractivity contribution >= 4 is 35.0 Å². The molecule has 2 aromatic carbocycles. The van der Waals surface area contributed by atoms with Gasteiger partial charge in [-0.15, -0.1) is 0 Å². The number of hydrogen-bond acceptors (Lipinski definition) is 3. The maximum absolute atomic E-state index is 13.1. The molecule has 2 heterocycles. The molecule has 0 bridgehead atoms. The number of nitrogens with one attached hydrogen (secondary N) is 1. The van der Waals surface area contributed by atoms with Gasteiger partial charge in [-0.3, -0.25) is 14.7 Å². The van der Waals surface area contributed by atoms with Crippen molar-refractivity contribution in [1.29, 1.82) is 0 Å². The van der Waals surface area contributed by atoms with Crippen LogP contribution in [0.15, 0.2) is 57.9 Å². The van der Waals surface area contributed by atoms with E-state index in [1.165, 1.54) is 9.69 Å². The van der Waals surface area contributed by atoms with Gasteiger partial charge in [0.2, 0.25) is 0 Å². The molecule has 0 saturated heterocycles. The summed E-state index contributed by atoms with van der Waals surface area (Å²) in [7, 11) is 0. The molecule has 0 radical (unpaired) electrons. The van der Waals surface area contributed by atoms with E-state index in [0.29, 0.717) is 33.3 Å². The molecule has 0 fully saturated rings. The lowest BCUT2D eigenvalue weighted by Gasteiger charge is -2.11. The van der Waals surface area contributed by atoms with Gasteiger partial charge in [0, 0.05) is 10.7 Å². The third-order valence-electron chi connectivity index (χ3n) is 5.13. The molecule has 7 heteroatoms. The molecular formula is C23H21ClN4O2. The summed E-state index contributed by atoms with van der Waals surface area (Å²) in [5.74, 6) is -0.284. The van der Waals surface area contributed by atoms with Gasteiger partial charge in [-0.1, -0.05) is 29.3 Å². The molecule has 1 aliphatic heterocycles. The van der Waals surface area contributed by atoms with E-state index < -0.39 is 0 Å². The smallest absolute Gasteiger partial charge is 0.280 e. The van der Waals surface area contributed by atoms with Crippen LogP contribution in [-0.2, 0) is 4.79 Å². The Kier molecular flexibility index (Phi) is 4.95. The number of halogens is 1. The second-order valence-corrected chi connectivity index (χ2v) is 7.85. The number of hydrogen-bond donors (Lipinski definition) is 1. The normalized spacial score (nSPS) is 15.2. The van der Waals surface area contributed by atoms with Gasteiger partial charge in [0.05, 0.1) is 28.2 Å². The fourth-order valence-electron chi connectivity index (χ4n) is 3.54. The minimum atomic E-state index is -0.284. The van der Waals surface area contributed by atoms with Crippen LogP contribution < -0.4 is 10.6 Å². The highest BCUT2D eigenvalue weighted by Crippen LogP contribution is 2.26. The van der Waals surface area contributed by atoms with E-state index in [1.54, 1.807) is 37.3 Å². The zero-order valence-electron chi connectivity index (χ0n) is 17.2. The summed E-state index contributed by atoms with van der Waals surface area (Å²) in [6, 6.07) is 12.8. The number of anilines is 1. The van der Waals surface area contributed by atoms with Crippen molar-refractivity contribution in [3.8, 4) is 5.69 Å². The second-order valence-electron chi connectivity index (χ2n) is 7.42. The summed E-state index contributed by atoms with van der Waals surface area (Å²) in [4.78, 5) is 26.1. The molecule has 1 amide bonds. The van der Waals surface area contributed by atoms with E-state index in [-0.39, 0.29) is 11.5 Å². The van der Waals surface area contributed by atoms with Crippen LogP contribution >= 0.6 is 11.6 Å². The number of amides is 1. The van der Waals surface area contributed by atoms with E-state index in [0.717, 1.165) is 16.8 Å². The highest BCUT2D eigenvalue weighted by molar-refractivity contribution is 6.32. The predicted octanol–water partition coefficient (Wildman–Crippen LogP) is 4.55. The van der Waals surface area contributed by atoms with Crippen LogP contribution in [0.4, 0.5) is 5.69 Å². The molecule has 1 aliphatic rings. The van der Waals surface area contributed by atoms with Crippen LogP contribution in [0.25, 0.3) is 11.8 Å². The average molecular weight is 421 g/mol. The largest absolute Gasteiger partial charge is 0.295 e. The SMILES string of the molecule is CC1=NN(c2ccc(Cl)cc2)C(=O)/C1=C/c1c(C)[nH]n(-c2ccc(C)cc2C)c1=O. The molecule has 1 aromatic heterocycles. The number of benzene rings is 2. The fourth-order valence-corrected chi connectivity index (χ4v) is 3.67. The third-order valence-corrected chi connectivity index (χ3v) is 5.38. The van der Waals surface area contributed by atoms with E-state index in [2.05, 4.69) is 10.2 Å². The van der Waals surface area contributed by atoms with Gasteiger partial charge in [-0.05, 0) is 69.7 Å². The summed E-state index contributed by atoms with van der Waals surface area (Å²) in [6.07, 6.45) is 1.62. The van der Waals surface area contributed by atoms with E-state index in [9.17, 15) is 9.59 Å². The second kappa shape index (κ2) is 7.46. The minimum absolute atomic E-state index is 0.211. The van der Waals surface area contributed by atoms with E-state index in [1.807, 2.05) is 39.0 Å². The Balaban J connectivity index is 1.74. The van der Waals surface area contributed by atoms with Crippen LogP contribution in [-0.4, -0.2) is 21.4 Å². The molecule has 4 rings (SSSR count). The van der Waals surface area contributed by atoms with Gasteiger partial charge in [-0.2, -0.15) is 10.1 Å². The zero-order valence-corrected chi connectivity index (χ0v) is 17.9. The van der Waals surface area contributed by atoms with Crippen molar-refractivity contribution in [2.24, 2.45) is 5.10 Å². The third kappa shape index (κ3) is 3.39. The zero-order chi connectivity index (χ0) is 21.6. The van der Waals surface area contributed by atoms with Crippen LogP contribution in [0.3, 0.4) is 0 Å². The fraction of sp³-hybridized carbons (Fsp3) is 0.174. The number of nitrogens with zero attached hydrogens (tertiary/aromatic N) is 3. The quantitative estimate of drug-likeness (QED) is 0.631. The standard InChI is InChI=1S/C23H21ClN4O2/c1-13-5-10-21(14(2)11-13)28-23(30)20(16(4)26-28)12-19-15(3)25-27(22(19)29)18-8-6-17(24)7-9-18/h5-12,26H,1-4H3/b19-12+. The Labute approximate surface area is 179 Å². The number of rotatable bonds is 3. The summed E-state index contributed by atoms with van der Waals surface area (Å²) in [5, 5.41) is 9.39. The highest BCUT2D eigenvalue weighted by Gasteiger charge is 2.29. The summed E-state index contributed by atoms with van der Waals surface area (Å²) >= 11 is 5.94. The van der Waals surface area contributed by atoms with Crippen LogP contribution in [0.2, 0.25) is 5.02 Å². The average Bonchev–Trinajstić information content (AvgIpc) is 3.13. The lowest BCUT2D eigenvalue weighted by molar-refractivity contribution is -0.114. The maximum Gasteiger partial charge on any atom is 0.280 e. The van der Waals surface area contributed by atoms with E-state index in [4.69, 9.17) is 11.6 Å². The van der Waals surface area contributed by atoms with Gasteiger partial charge in [0.25, 0.3) is 11.5 Å². The number of aromatic nitrogens is 2. The first-order valence-corrected chi connectivity index (χ1v) is 9.90. The molecule has 0 saturated carbocycles. The molecule has 0 unspecified atom stereocenters. The predicted molar refractivity (Wildman–Crippen MR) is 121 cm³/mol. The first-order chi connectivity index (χ1) is 14.3. The number of H-pyrrole nitrogens is 1. The number of carbonyl (C=O) groups is 1. The monoisotopic (exact) mass is 420 g/mol. The summed E-state index contributed by atoms with van der Waals surface area (Å²) < 4.78 is 1.51. The van der Waals surface area contributed by atoms with Crippen molar-refractivity contribution in [3.05, 3.63) is 85.8 Å². The Bertz CT molecular complexity index is 1280. The van der Waals surface area contributed by atoms with Gasteiger partial charge in [0.15, 0.2) is 0 Å². The molecule has 0 aliphatic carbocycles. The summed E-state index contributed by atoms with van der Waals surface area (Å²) in [6.45, 7) is 7.54. The minimum Gasteiger partial charge on any atom is -0.295 e. The van der Waals surface area contributed by atoms with Crippen molar-refractivity contribution in [2.45, 2.75) is 27.7 Å². The number of aromatic amines is 1. The Morgan fingerprint density at radius 2 is 1.70 bits per heavy atom. The Morgan fingerprint density at radius 3 is 2.37 bits per heavy atom. The molecule has 3 aromatic rings. The molecule has 1 N–H and O–H groups in total. The van der Waals surface area contributed by atoms with Gasteiger partial charge >= 0.3 is 0 Å². The molecule has 0 atom stereocenters. The van der Waals surface area contributed by atoms with Crippen LogP contribution in [0, 0.1) is 20.8 Å². The van der Waals surface area contributed by atoms with Crippen molar-refractivity contribution in [3.63, 3.8) is 0 Å². The Hall–Kier alpha value is -3.38. The topological polar surface area (TPSA) is 70.5 Å². The van der Waals surface area contributed by atoms with Gasteiger partial charge < -0.3 is 0 Å². The lowest BCUT2D eigenvalue weighted by Crippen LogP contribution is -2.22. The molecular weight excluding hydrogens is 400 g/mol. The number of hydrazone groups is 1. The molecule has 6 nitrogen and oxygen atoms in total. The number of carbonyl (C=O) groups excluding carboxylic acids is 1. The maximum atomic E-state index is 13.1. The van der Waals surface area contributed by atoms with Crippen LogP contribution in [0.1, 0.15) is 29.3 Å². The van der Waals surface area contributed by atoms with Crippen molar-refractivity contribution in [2.75, 3.05) is 5.01 Å². The number of aryl methyl sites for hydroxylation is 3. The Morgan fingerprint density at radius 1 is 1.00 bits per heavy atom. The van der Waals surface area contributed by atoms with E-state index >= 15 is 0 Å². The highest BCUT2D eigenvalue weighted by atomic mass is 35.5. The van der Waals surface area contributed by atoms with Crippen LogP contribution in [0.5, 0.6) is 0 Å². The summed E-state index contributed by atoms with van der Waals surface area (Å²) in [5.41, 5.74) is 5.35. The molecule has 30 heavy (non-hydrogen) atoms. The van der Waals surface area contributed by atoms with Crippen molar-refractivity contribution < 1.29 is 4.79 Å². The van der Waals surface area contributed by atoms with Gasteiger partial charge in [0.1, 0.15) is 0 Å². The first kappa shape index (κ1) is 19.9. The molecule has 0 spiro atoms.